The Morgan fingerprint density at radius 3 is 2.35 bits per heavy atom. The van der Waals surface area contributed by atoms with Crippen LogP contribution in [0.5, 0.6) is 5.95 Å². The molecular formula is C21H24O9S. The van der Waals surface area contributed by atoms with E-state index in [1.54, 1.807) is 6.92 Å². The number of rotatable bonds is 5. The minimum Gasteiger partial charge on any atom is -0.480 e. The van der Waals surface area contributed by atoms with Crippen LogP contribution in [-0.2, 0) is 14.9 Å². The van der Waals surface area contributed by atoms with Gasteiger partial charge in [0.1, 0.15) is 17.1 Å². The molecule has 2 N–H and O–H groups in total. The van der Waals surface area contributed by atoms with Crippen molar-refractivity contribution in [2.45, 2.75) is 47.1 Å². The Morgan fingerprint density at radius 2 is 1.81 bits per heavy atom. The van der Waals surface area contributed by atoms with Crippen LogP contribution in [0.25, 0.3) is 11.0 Å². The third-order valence-electron chi connectivity index (χ3n) is 6.26. The summed E-state index contributed by atoms with van der Waals surface area (Å²) in [7, 11) is -4.44. The molecule has 0 saturated heterocycles. The summed E-state index contributed by atoms with van der Waals surface area (Å²) in [6.45, 7) is 9.05. The lowest BCUT2D eigenvalue weighted by atomic mass is 9.73. The fourth-order valence-electron chi connectivity index (χ4n) is 4.87. The van der Waals surface area contributed by atoms with E-state index in [0.717, 1.165) is 0 Å². The Kier molecular flexibility index (Phi) is 4.86. The monoisotopic (exact) mass is 452 g/mol. The van der Waals surface area contributed by atoms with Crippen molar-refractivity contribution in [1.29, 1.82) is 0 Å². The first-order valence-electron chi connectivity index (χ1n) is 10.1. The lowest BCUT2D eigenvalue weighted by molar-refractivity contribution is 0.00812. The second kappa shape index (κ2) is 6.96. The molecule has 0 fully saturated rings. The van der Waals surface area contributed by atoms with Crippen LogP contribution in [0.4, 0.5) is 0 Å². The molecule has 10 heteroatoms. The molecule has 0 spiro atoms. The zero-order chi connectivity index (χ0) is 23.0. The third-order valence-corrected chi connectivity index (χ3v) is 7.36. The Morgan fingerprint density at radius 1 is 1.16 bits per heavy atom. The van der Waals surface area contributed by atoms with E-state index in [1.165, 1.54) is 0 Å². The number of fused-ring (bicyclic) bond motifs is 1. The normalized spacial score (nSPS) is 23.7. The fourth-order valence-corrected chi connectivity index (χ4v) is 6.34. The zero-order valence-electron chi connectivity index (χ0n) is 17.8. The van der Waals surface area contributed by atoms with Crippen molar-refractivity contribution in [2.75, 3.05) is 0 Å². The van der Waals surface area contributed by atoms with E-state index in [9.17, 15) is 27.7 Å². The van der Waals surface area contributed by atoms with E-state index in [-0.39, 0.29) is 51.2 Å². The van der Waals surface area contributed by atoms with Crippen molar-refractivity contribution in [3.63, 3.8) is 0 Å². The summed E-state index contributed by atoms with van der Waals surface area (Å²) < 4.78 is 50.4. The van der Waals surface area contributed by atoms with Crippen LogP contribution >= 0.6 is 0 Å². The highest BCUT2D eigenvalue weighted by Crippen LogP contribution is 2.47. The number of ketones is 1. The van der Waals surface area contributed by atoms with Gasteiger partial charge in [-0.05, 0) is 23.8 Å². The van der Waals surface area contributed by atoms with Crippen molar-refractivity contribution in [2.24, 2.45) is 23.7 Å². The smallest absolute Gasteiger partial charge is 0.343 e. The molecule has 0 aromatic carbocycles. The van der Waals surface area contributed by atoms with Crippen LogP contribution in [0, 0.1) is 23.7 Å². The minimum absolute atomic E-state index is 0.00268. The Labute approximate surface area is 178 Å². The molecule has 0 amide bonds. The van der Waals surface area contributed by atoms with Crippen molar-refractivity contribution in [3.05, 3.63) is 27.6 Å². The highest BCUT2D eigenvalue weighted by atomic mass is 32.2. The molecule has 2 bridgehead atoms. The van der Waals surface area contributed by atoms with Gasteiger partial charge in [-0.15, -0.1) is 0 Å². The average molecular weight is 452 g/mol. The molecule has 3 unspecified atom stereocenters. The first-order chi connectivity index (χ1) is 14.3. The van der Waals surface area contributed by atoms with Gasteiger partial charge in [0.05, 0.1) is 4.91 Å². The Bertz CT molecular complexity index is 1240. The first kappa shape index (κ1) is 21.6. The lowest BCUT2D eigenvalue weighted by Gasteiger charge is -2.39. The molecule has 3 heterocycles. The molecule has 2 aromatic heterocycles. The van der Waals surface area contributed by atoms with Gasteiger partial charge in [0, 0.05) is 11.8 Å². The van der Waals surface area contributed by atoms with Gasteiger partial charge in [0.25, 0.3) is 21.8 Å². The van der Waals surface area contributed by atoms with Gasteiger partial charge in [-0.1, -0.05) is 34.6 Å². The summed E-state index contributed by atoms with van der Waals surface area (Å²) in [5, 5.41) is 9.98. The van der Waals surface area contributed by atoms with Gasteiger partial charge in [0.15, 0.2) is 11.3 Å². The van der Waals surface area contributed by atoms with Crippen LogP contribution in [0.1, 0.15) is 67.7 Å². The van der Waals surface area contributed by atoms with Crippen molar-refractivity contribution < 1.29 is 41.2 Å². The van der Waals surface area contributed by atoms with E-state index < -0.39 is 45.8 Å². The zero-order valence-corrected chi connectivity index (χ0v) is 18.6. The van der Waals surface area contributed by atoms with Crippen molar-refractivity contribution in [3.8, 4) is 5.95 Å². The van der Waals surface area contributed by atoms with Crippen LogP contribution in [-0.4, -0.2) is 35.9 Å². The van der Waals surface area contributed by atoms with Crippen molar-refractivity contribution in [1.82, 2.24) is 0 Å². The quantitative estimate of drug-likeness (QED) is 0.435. The maximum Gasteiger partial charge on any atom is 0.343 e. The third kappa shape index (κ3) is 3.11. The van der Waals surface area contributed by atoms with E-state index in [1.807, 2.05) is 27.7 Å². The molecule has 168 valence electrons. The number of carbonyl (C=O) groups is 2. The Hall–Kier alpha value is -2.59. The van der Waals surface area contributed by atoms with E-state index in [4.69, 9.17) is 13.6 Å². The molecule has 3 atom stereocenters. The van der Waals surface area contributed by atoms with Gasteiger partial charge < -0.3 is 18.7 Å². The van der Waals surface area contributed by atoms with Gasteiger partial charge in [0.2, 0.25) is 5.76 Å². The van der Waals surface area contributed by atoms with Crippen molar-refractivity contribution >= 4 is 32.8 Å². The second-order valence-corrected chi connectivity index (χ2v) is 10.2. The van der Waals surface area contributed by atoms with Crippen LogP contribution < -0.4 is 0 Å². The number of esters is 1. The predicted octanol–water partition coefficient (Wildman–Crippen LogP) is 3.91. The number of carbonyl (C=O) groups excluding carboxylic acids is 2. The summed E-state index contributed by atoms with van der Waals surface area (Å²) in [6.07, 6.45) is -0.522. The summed E-state index contributed by atoms with van der Waals surface area (Å²) in [5.41, 5.74) is 0.333. The molecular weight excluding hydrogens is 428 g/mol. The Balaban J connectivity index is 1.74. The molecule has 1 aliphatic carbocycles. The largest absolute Gasteiger partial charge is 0.480 e. The SMILES string of the molecule is CC(C)C1=C(S(=O)(=O)O)C(C(C)C)CC(OC(=O)c2c3oc4c(oc(O)c24)C3=O)C1C. The molecule has 0 radical (unpaired) electrons. The number of allylic oxidation sites excluding steroid dienone is 1. The van der Waals surface area contributed by atoms with Gasteiger partial charge in [-0.25, -0.2) is 4.79 Å². The van der Waals surface area contributed by atoms with E-state index in [2.05, 4.69) is 0 Å². The van der Waals surface area contributed by atoms with Crippen LogP contribution in [0.15, 0.2) is 19.3 Å². The van der Waals surface area contributed by atoms with E-state index >= 15 is 0 Å². The summed E-state index contributed by atoms with van der Waals surface area (Å²) in [5.74, 6) is -3.87. The highest BCUT2D eigenvalue weighted by Gasteiger charge is 2.46. The van der Waals surface area contributed by atoms with Gasteiger partial charge in [-0.2, -0.15) is 8.42 Å². The fraction of sp³-hybridized carbons (Fsp3) is 0.524. The minimum atomic E-state index is -4.44. The predicted molar refractivity (Wildman–Crippen MR) is 108 cm³/mol. The van der Waals surface area contributed by atoms with E-state index in [0.29, 0.717) is 5.57 Å². The van der Waals surface area contributed by atoms with Crippen LogP contribution in [0.3, 0.4) is 0 Å². The number of furan rings is 2. The molecule has 2 aromatic rings. The summed E-state index contributed by atoms with van der Waals surface area (Å²) in [6, 6.07) is 0. The van der Waals surface area contributed by atoms with Gasteiger partial charge in [-0.3, -0.25) is 9.35 Å². The molecule has 2 aliphatic rings. The second-order valence-electron chi connectivity index (χ2n) is 8.84. The number of aromatic hydroxyl groups is 1. The molecule has 0 saturated carbocycles. The van der Waals surface area contributed by atoms with Crippen LogP contribution in [0.2, 0.25) is 0 Å². The molecule has 4 rings (SSSR count). The molecule has 31 heavy (non-hydrogen) atoms. The first-order valence-corrected chi connectivity index (χ1v) is 11.5. The number of hydrogen-bond donors (Lipinski definition) is 2. The highest BCUT2D eigenvalue weighted by molar-refractivity contribution is 7.89. The molecule has 1 aliphatic heterocycles. The standard InChI is InChI=1S/C21H24O9S/c1-7(2)10-6-11(9(5)12(8(3)4)19(10)31(25,26)27)28-20(23)13-14-17-18(30-21(14)24)15(22)16(13)29-17/h7-11,24H,6H2,1-5H3,(H,25,26,27). The maximum absolute atomic E-state index is 13.0. The molecule has 9 nitrogen and oxygen atoms in total. The summed E-state index contributed by atoms with van der Waals surface area (Å²) in [4.78, 5) is 25.3. The summed E-state index contributed by atoms with van der Waals surface area (Å²) >= 11 is 0. The average Bonchev–Trinajstić information content (AvgIpc) is 3.25. The number of ether oxygens (including phenoxy) is 1. The lowest BCUT2D eigenvalue weighted by Crippen LogP contribution is -2.39. The number of hydrogen-bond acceptors (Lipinski definition) is 8. The topological polar surface area (TPSA) is 144 Å². The maximum atomic E-state index is 13.0. The van der Waals surface area contributed by atoms with Gasteiger partial charge >= 0.3 is 5.97 Å².